The molecule has 0 saturated carbocycles. The maximum atomic E-state index is 8.43. The number of carbonyl (C=O) groups is 1. The molecule has 0 bridgehead atoms. The SMILES string of the molecule is C=O.CC(C)(CO)CO. The lowest BCUT2D eigenvalue weighted by atomic mass is 9.97. The summed E-state index contributed by atoms with van der Waals surface area (Å²) in [6.07, 6.45) is 0. The first-order valence-electron chi connectivity index (χ1n) is 2.63. The number of hydrogen-bond donors (Lipinski definition) is 2. The van der Waals surface area contributed by atoms with E-state index in [2.05, 4.69) is 0 Å². The van der Waals surface area contributed by atoms with Gasteiger partial charge < -0.3 is 15.0 Å². The lowest BCUT2D eigenvalue weighted by molar-refractivity contribution is -0.0979. The van der Waals surface area contributed by atoms with Crippen LogP contribution in [0.4, 0.5) is 0 Å². The molecule has 9 heavy (non-hydrogen) atoms. The molecule has 0 heterocycles. The molecular formula is C6H14O3. The molecule has 0 aliphatic carbocycles. The predicted octanol–water partition coefficient (Wildman–Crippen LogP) is -0.188. The van der Waals surface area contributed by atoms with E-state index in [0.29, 0.717) is 0 Å². The van der Waals surface area contributed by atoms with Gasteiger partial charge in [-0.15, -0.1) is 0 Å². The maximum absolute atomic E-state index is 8.43. The molecule has 0 saturated heterocycles. The van der Waals surface area contributed by atoms with Gasteiger partial charge in [0.15, 0.2) is 0 Å². The third-order valence-corrected chi connectivity index (χ3v) is 0.856. The van der Waals surface area contributed by atoms with Crippen LogP contribution in [0.1, 0.15) is 13.8 Å². The summed E-state index contributed by atoms with van der Waals surface area (Å²) < 4.78 is 0. The zero-order valence-electron chi connectivity index (χ0n) is 5.92. The normalized spacial score (nSPS) is 9.78. The first kappa shape index (κ1) is 11.4. The molecule has 0 unspecified atom stereocenters. The first-order valence-corrected chi connectivity index (χ1v) is 2.63. The van der Waals surface area contributed by atoms with Crippen LogP contribution in [-0.4, -0.2) is 30.2 Å². The minimum Gasteiger partial charge on any atom is -0.396 e. The number of hydrogen-bond acceptors (Lipinski definition) is 3. The summed E-state index contributed by atoms with van der Waals surface area (Å²) in [4.78, 5) is 8.00. The summed E-state index contributed by atoms with van der Waals surface area (Å²) in [5.41, 5.74) is -0.306. The van der Waals surface area contributed by atoms with Gasteiger partial charge in [0.05, 0.1) is 13.2 Å². The molecule has 2 N–H and O–H groups in total. The van der Waals surface area contributed by atoms with Gasteiger partial charge in [0, 0.05) is 5.41 Å². The van der Waals surface area contributed by atoms with Gasteiger partial charge in [-0.25, -0.2) is 0 Å². The average molecular weight is 134 g/mol. The molecule has 56 valence electrons. The van der Waals surface area contributed by atoms with Crippen molar-refractivity contribution < 1.29 is 15.0 Å². The molecule has 0 aromatic rings. The Labute approximate surface area is 55.3 Å². The largest absolute Gasteiger partial charge is 0.396 e. The van der Waals surface area contributed by atoms with Crippen LogP contribution in [-0.2, 0) is 4.79 Å². The highest BCUT2D eigenvalue weighted by Gasteiger charge is 2.13. The van der Waals surface area contributed by atoms with Crippen LogP contribution in [0.5, 0.6) is 0 Å². The standard InChI is InChI=1S/C5H12O2.CH2O/c1-5(2,3-6)4-7;1-2/h6-7H,3-4H2,1-2H3;1H2. The van der Waals surface area contributed by atoms with Gasteiger partial charge in [0.2, 0.25) is 0 Å². The zero-order chi connectivity index (χ0) is 7.91. The van der Waals surface area contributed by atoms with E-state index in [1.807, 2.05) is 6.79 Å². The fourth-order valence-electron chi connectivity index (χ4n) is 0.0500. The van der Waals surface area contributed by atoms with Crippen molar-refractivity contribution in [2.45, 2.75) is 13.8 Å². The molecule has 0 aliphatic rings. The van der Waals surface area contributed by atoms with Crippen LogP contribution in [0, 0.1) is 5.41 Å². The fourth-order valence-corrected chi connectivity index (χ4v) is 0.0500. The van der Waals surface area contributed by atoms with Gasteiger partial charge in [0.1, 0.15) is 6.79 Å². The van der Waals surface area contributed by atoms with Crippen molar-refractivity contribution in [2.75, 3.05) is 13.2 Å². The Morgan fingerprint density at radius 1 is 1.22 bits per heavy atom. The molecule has 3 heteroatoms. The molecule has 0 atom stereocenters. The molecule has 0 spiro atoms. The molecule has 0 aliphatic heterocycles. The van der Waals surface area contributed by atoms with E-state index in [9.17, 15) is 0 Å². The summed E-state index contributed by atoms with van der Waals surface area (Å²) in [6.45, 7) is 5.69. The number of aliphatic hydroxyl groups is 2. The minimum atomic E-state index is -0.306. The topological polar surface area (TPSA) is 57.5 Å². The lowest BCUT2D eigenvalue weighted by Gasteiger charge is -2.16. The van der Waals surface area contributed by atoms with Crippen LogP contribution >= 0.6 is 0 Å². The summed E-state index contributed by atoms with van der Waals surface area (Å²) >= 11 is 0. The molecule has 0 aromatic heterocycles. The van der Waals surface area contributed by atoms with E-state index in [1.54, 1.807) is 13.8 Å². The van der Waals surface area contributed by atoms with Gasteiger partial charge in [-0.2, -0.15) is 0 Å². The Morgan fingerprint density at radius 3 is 1.44 bits per heavy atom. The van der Waals surface area contributed by atoms with Crippen molar-refractivity contribution in [3.8, 4) is 0 Å². The van der Waals surface area contributed by atoms with E-state index < -0.39 is 0 Å². The third kappa shape index (κ3) is 7.59. The monoisotopic (exact) mass is 134 g/mol. The Balaban J connectivity index is 0. The molecule has 0 rings (SSSR count). The van der Waals surface area contributed by atoms with Gasteiger partial charge in [-0.3, -0.25) is 0 Å². The van der Waals surface area contributed by atoms with Gasteiger partial charge in [0.25, 0.3) is 0 Å². The van der Waals surface area contributed by atoms with Crippen LogP contribution < -0.4 is 0 Å². The maximum Gasteiger partial charge on any atom is 0.106 e. The summed E-state index contributed by atoms with van der Waals surface area (Å²) in [6, 6.07) is 0. The van der Waals surface area contributed by atoms with Crippen molar-refractivity contribution in [1.29, 1.82) is 0 Å². The Kier molecular flexibility index (Phi) is 7.24. The summed E-state index contributed by atoms with van der Waals surface area (Å²) in [7, 11) is 0. The zero-order valence-corrected chi connectivity index (χ0v) is 5.92. The lowest BCUT2D eigenvalue weighted by Crippen LogP contribution is -2.20. The van der Waals surface area contributed by atoms with E-state index in [-0.39, 0.29) is 18.6 Å². The van der Waals surface area contributed by atoms with Crippen molar-refractivity contribution in [2.24, 2.45) is 5.41 Å². The quantitative estimate of drug-likeness (QED) is 0.550. The summed E-state index contributed by atoms with van der Waals surface area (Å²) in [5, 5.41) is 16.9. The van der Waals surface area contributed by atoms with E-state index in [1.165, 1.54) is 0 Å². The van der Waals surface area contributed by atoms with Crippen molar-refractivity contribution in [3.05, 3.63) is 0 Å². The second-order valence-corrected chi connectivity index (χ2v) is 2.48. The van der Waals surface area contributed by atoms with Crippen LogP contribution in [0.2, 0.25) is 0 Å². The number of carbonyl (C=O) groups excluding carboxylic acids is 1. The minimum absolute atomic E-state index is 0.0451. The average Bonchev–Trinajstić information content (AvgIpc) is 1.93. The molecule has 0 fully saturated rings. The molecule has 0 radical (unpaired) electrons. The highest BCUT2D eigenvalue weighted by molar-refractivity contribution is 5.10. The van der Waals surface area contributed by atoms with Crippen LogP contribution in [0.3, 0.4) is 0 Å². The van der Waals surface area contributed by atoms with Gasteiger partial charge in [-0.05, 0) is 0 Å². The van der Waals surface area contributed by atoms with Crippen LogP contribution in [0.15, 0.2) is 0 Å². The van der Waals surface area contributed by atoms with E-state index in [4.69, 9.17) is 15.0 Å². The van der Waals surface area contributed by atoms with E-state index >= 15 is 0 Å². The van der Waals surface area contributed by atoms with Gasteiger partial charge >= 0.3 is 0 Å². The fraction of sp³-hybridized carbons (Fsp3) is 0.833. The Bertz CT molecular complexity index is 55.3. The van der Waals surface area contributed by atoms with Crippen molar-refractivity contribution in [3.63, 3.8) is 0 Å². The van der Waals surface area contributed by atoms with E-state index in [0.717, 1.165) is 0 Å². The Hall–Kier alpha value is -0.410. The predicted molar refractivity (Wildman–Crippen MR) is 35.1 cm³/mol. The van der Waals surface area contributed by atoms with Crippen molar-refractivity contribution in [1.82, 2.24) is 0 Å². The third-order valence-electron chi connectivity index (χ3n) is 0.856. The highest BCUT2D eigenvalue weighted by atomic mass is 16.3. The molecular weight excluding hydrogens is 120 g/mol. The van der Waals surface area contributed by atoms with Gasteiger partial charge in [-0.1, -0.05) is 13.8 Å². The Morgan fingerprint density at radius 2 is 1.44 bits per heavy atom. The number of rotatable bonds is 2. The molecule has 0 aromatic carbocycles. The molecule has 3 nitrogen and oxygen atoms in total. The summed E-state index contributed by atoms with van der Waals surface area (Å²) in [5.74, 6) is 0. The highest BCUT2D eigenvalue weighted by Crippen LogP contribution is 2.10. The second kappa shape index (κ2) is 5.72. The van der Waals surface area contributed by atoms with Crippen molar-refractivity contribution >= 4 is 6.79 Å². The molecule has 0 amide bonds. The van der Waals surface area contributed by atoms with Crippen LogP contribution in [0.25, 0.3) is 0 Å². The number of aliphatic hydroxyl groups excluding tert-OH is 2. The second-order valence-electron chi connectivity index (χ2n) is 2.48. The smallest absolute Gasteiger partial charge is 0.106 e. The first-order chi connectivity index (χ1) is 4.12.